The summed E-state index contributed by atoms with van der Waals surface area (Å²) in [4.78, 5) is 34.2. The Balaban J connectivity index is 1.30. The van der Waals surface area contributed by atoms with Crippen LogP contribution in [0.25, 0.3) is 11.0 Å². The Morgan fingerprint density at radius 3 is 2.86 bits per heavy atom. The average molecular weight is 381 g/mol. The molecule has 1 aliphatic carbocycles. The number of aryl methyl sites for hydroxylation is 3. The number of anilines is 1. The molecule has 0 unspecified atom stereocenters. The zero-order valence-corrected chi connectivity index (χ0v) is 15.9. The van der Waals surface area contributed by atoms with Crippen molar-refractivity contribution in [3.63, 3.8) is 0 Å². The van der Waals surface area contributed by atoms with Crippen LogP contribution >= 0.6 is 0 Å². The van der Waals surface area contributed by atoms with Gasteiger partial charge in [-0.3, -0.25) is 19.3 Å². The number of piperidine rings is 1. The number of fused-ring (bicyclic) bond motifs is 2. The molecule has 146 valence electrons. The Morgan fingerprint density at radius 1 is 1.21 bits per heavy atom. The lowest BCUT2D eigenvalue weighted by Crippen LogP contribution is -2.38. The van der Waals surface area contributed by atoms with Gasteiger partial charge in [-0.2, -0.15) is 15.2 Å². The summed E-state index contributed by atoms with van der Waals surface area (Å²) < 4.78 is 3.26. The first-order chi connectivity index (χ1) is 13.6. The van der Waals surface area contributed by atoms with Gasteiger partial charge in [0.2, 0.25) is 5.95 Å². The highest BCUT2D eigenvalue weighted by Crippen LogP contribution is 2.23. The number of hydrogen-bond donors (Lipinski definition) is 1. The highest BCUT2D eigenvalue weighted by atomic mass is 16.1. The standard InChI is InChI=1S/C19H23N7O2/c1-24-17-14(10-20-24)18(28)22-19(21-17)25-7-5-12(6-8-25)11-26-16(27)9-13-3-2-4-15(13)23-26/h9-10,12H,2-8,11H2,1H3,(H,21,22,28). The second-order valence-corrected chi connectivity index (χ2v) is 7.82. The fraction of sp³-hybridized carbons (Fsp3) is 0.526. The summed E-state index contributed by atoms with van der Waals surface area (Å²) in [5.74, 6) is 0.987. The molecule has 1 aliphatic heterocycles. The lowest BCUT2D eigenvalue weighted by molar-refractivity contribution is 0.332. The van der Waals surface area contributed by atoms with Crippen molar-refractivity contribution in [2.24, 2.45) is 13.0 Å². The van der Waals surface area contributed by atoms with E-state index in [9.17, 15) is 9.59 Å². The van der Waals surface area contributed by atoms with Gasteiger partial charge in [0, 0.05) is 32.7 Å². The molecule has 0 amide bonds. The van der Waals surface area contributed by atoms with Gasteiger partial charge >= 0.3 is 0 Å². The van der Waals surface area contributed by atoms with Crippen LogP contribution < -0.4 is 16.0 Å². The number of aromatic amines is 1. The van der Waals surface area contributed by atoms with Crippen LogP contribution in [0.4, 0.5) is 5.95 Å². The van der Waals surface area contributed by atoms with E-state index in [1.54, 1.807) is 28.7 Å². The number of aromatic nitrogens is 6. The van der Waals surface area contributed by atoms with E-state index < -0.39 is 0 Å². The molecule has 9 heteroatoms. The smallest absolute Gasteiger partial charge is 0.267 e. The summed E-state index contributed by atoms with van der Waals surface area (Å²) in [6, 6.07) is 1.77. The zero-order valence-electron chi connectivity index (χ0n) is 15.9. The van der Waals surface area contributed by atoms with E-state index in [0.29, 0.717) is 29.4 Å². The van der Waals surface area contributed by atoms with Crippen LogP contribution in [-0.2, 0) is 26.4 Å². The first kappa shape index (κ1) is 17.2. The third kappa shape index (κ3) is 2.90. The Labute approximate surface area is 161 Å². The fourth-order valence-corrected chi connectivity index (χ4v) is 4.31. The molecule has 9 nitrogen and oxygen atoms in total. The molecule has 5 rings (SSSR count). The number of nitrogens with one attached hydrogen (secondary N) is 1. The lowest BCUT2D eigenvalue weighted by atomic mass is 9.97. The zero-order chi connectivity index (χ0) is 19.3. The summed E-state index contributed by atoms with van der Waals surface area (Å²) in [6.07, 6.45) is 6.44. The maximum Gasteiger partial charge on any atom is 0.267 e. The molecule has 3 aromatic rings. The molecule has 0 saturated carbocycles. The molecule has 3 aromatic heterocycles. The van der Waals surface area contributed by atoms with Crippen molar-refractivity contribution in [2.75, 3.05) is 18.0 Å². The molecule has 1 saturated heterocycles. The minimum Gasteiger partial charge on any atom is -0.342 e. The molecule has 1 N–H and O–H groups in total. The van der Waals surface area contributed by atoms with Crippen LogP contribution in [0, 0.1) is 5.92 Å². The van der Waals surface area contributed by atoms with Crippen LogP contribution in [0.5, 0.6) is 0 Å². The highest BCUT2D eigenvalue weighted by Gasteiger charge is 2.23. The third-order valence-corrected chi connectivity index (χ3v) is 5.96. The first-order valence-corrected chi connectivity index (χ1v) is 9.85. The van der Waals surface area contributed by atoms with E-state index >= 15 is 0 Å². The van der Waals surface area contributed by atoms with Gasteiger partial charge in [-0.1, -0.05) is 0 Å². The van der Waals surface area contributed by atoms with Crippen molar-refractivity contribution in [3.05, 3.63) is 44.2 Å². The Hall–Kier alpha value is -2.97. The monoisotopic (exact) mass is 381 g/mol. The fourth-order valence-electron chi connectivity index (χ4n) is 4.31. The van der Waals surface area contributed by atoms with Crippen molar-refractivity contribution in [2.45, 2.75) is 38.6 Å². The normalized spacial score (nSPS) is 17.4. The Kier molecular flexibility index (Phi) is 4.03. The van der Waals surface area contributed by atoms with Gasteiger partial charge < -0.3 is 4.90 Å². The number of rotatable bonds is 3. The lowest BCUT2D eigenvalue weighted by Gasteiger charge is -2.32. The first-order valence-electron chi connectivity index (χ1n) is 9.85. The van der Waals surface area contributed by atoms with E-state index in [-0.39, 0.29) is 11.1 Å². The second kappa shape index (κ2) is 6.57. The molecule has 4 heterocycles. The van der Waals surface area contributed by atoms with Crippen molar-refractivity contribution in [3.8, 4) is 0 Å². The molecule has 0 spiro atoms. The minimum atomic E-state index is -0.163. The van der Waals surface area contributed by atoms with Crippen LogP contribution in [0.2, 0.25) is 0 Å². The van der Waals surface area contributed by atoms with Gasteiger partial charge in [0.05, 0.1) is 11.9 Å². The molecule has 28 heavy (non-hydrogen) atoms. The van der Waals surface area contributed by atoms with Crippen molar-refractivity contribution in [1.29, 1.82) is 0 Å². The topological polar surface area (TPSA) is 102 Å². The summed E-state index contributed by atoms with van der Waals surface area (Å²) >= 11 is 0. The van der Waals surface area contributed by atoms with Gasteiger partial charge in [0.15, 0.2) is 5.65 Å². The second-order valence-electron chi connectivity index (χ2n) is 7.82. The number of hydrogen-bond acceptors (Lipinski definition) is 6. The highest BCUT2D eigenvalue weighted by molar-refractivity contribution is 5.74. The quantitative estimate of drug-likeness (QED) is 0.714. The summed E-state index contributed by atoms with van der Waals surface area (Å²) in [6.45, 7) is 2.23. The molecule has 0 aromatic carbocycles. The van der Waals surface area contributed by atoms with Gasteiger partial charge in [0.25, 0.3) is 11.1 Å². The molecule has 0 radical (unpaired) electrons. The van der Waals surface area contributed by atoms with Crippen molar-refractivity contribution >= 4 is 17.0 Å². The van der Waals surface area contributed by atoms with E-state index in [1.807, 2.05) is 0 Å². The van der Waals surface area contributed by atoms with Gasteiger partial charge in [-0.05, 0) is 43.6 Å². The van der Waals surface area contributed by atoms with Crippen molar-refractivity contribution in [1.82, 2.24) is 29.5 Å². The van der Waals surface area contributed by atoms with Crippen LogP contribution in [-0.4, -0.2) is 42.6 Å². The Morgan fingerprint density at radius 2 is 2.04 bits per heavy atom. The van der Waals surface area contributed by atoms with E-state index in [2.05, 4.69) is 25.1 Å². The summed E-state index contributed by atoms with van der Waals surface area (Å²) in [5.41, 5.74) is 2.65. The number of nitrogens with zero attached hydrogens (tertiary/aromatic N) is 6. The Bertz CT molecular complexity index is 1150. The predicted molar refractivity (Wildman–Crippen MR) is 105 cm³/mol. The van der Waals surface area contributed by atoms with Crippen LogP contribution in [0.1, 0.15) is 30.5 Å². The number of H-pyrrole nitrogens is 1. The largest absolute Gasteiger partial charge is 0.342 e. The SMILES string of the molecule is Cn1ncc2c(=O)[nH]c(N3CCC(Cn4nc5c(cc4=O)CCC5)CC3)nc21. The average Bonchev–Trinajstić information content (AvgIpc) is 3.29. The third-order valence-electron chi connectivity index (χ3n) is 5.96. The van der Waals surface area contributed by atoms with Crippen LogP contribution in [0.15, 0.2) is 21.9 Å². The predicted octanol–water partition coefficient (Wildman–Crippen LogP) is 0.619. The summed E-state index contributed by atoms with van der Waals surface area (Å²) in [5, 5.41) is 9.21. The molecule has 0 atom stereocenters. The maximum absolute atomic E-state index is 12.3. The van der Waals surface area contributed by atoms with E-state index in [4.69, 9.17) is 0 Å². The van der Waals surface area contributed by atoms with Gasteiger partial charge in [0.1, 0.15) is 5.39 Å². The molecular weight excluding hydrogens is 358 g/mol. The molecule has 0 bridgehead atoms. The summed E-state index contributed by atoms with van der Waals surface area (Å²) in [7, 11) is 1.78. The van der Waals surface area contributed by atoms with Crippen LogP contribution in [0.3, 0.4) is 0 Å². The van der Waals surface area contributed by atoms with E-state index in [1.165, 1.54) is 0 Å². The maximum atomic E-state index is 12.3. The minimum absolute atomic E-state index is 0.00994. The van der Waals surface area contributed by atoms with Crippen molar-refractivity contribution < 1.29 is 0 Å². The molecular formula is C19H23N7O2. The van der Waals surface area contributed by atoms with E-state index in [0.717, 1.165) is 56.5 Å². The van der Waals surface area contributed by atoms with Gasteiger partial charge in [-0.25, -0.2) is 4.68 Å². The molecule has 2 aliphatic rings. The van der Waals surface area contributed by atoms with Gasteiger partial charge in [-0.15, -0.1) is 0 Å². The molecule has 1 fully saturated rings.